The van der Waals surface area contributed by atoms with Crippen molar-refractivity contribution in [3.8, 4) is 22.9 Å². The largest absolute Gasteiger partial charge is 0.454 e. The third kappa shape index (κ3) is 4.22. The van der Waals surface area contributed by atoms with Crippen molar-refractivity contribution >= 4 is 17.5 Å². The average Bonchev–Trinajstić information content (AvgIpc) is 3.45. The van der Waals surface area contributed by atoms with Gasteiger partial charge in [-0.1, -0.05) is 42.1 Å². The summed E-state index contributed by atoms with van der Waals surface area (Å²) >= 11 is 1.31. The molecular formula is C24H18FN3O3S. The van der Waals surface area contributed by atoms with Crippen molar-refractivity contribution in [1.82, 2.24) is 14.8 Å². The van der Waals surface area contributed by atoms with E-state index in [-0.39, 0.29) is 24.1 Å². The zero-order valence-electron chi connectivity index (χ0n) is 16.9. The third-order valence-electron chi connectivity index (χ3n) is 5.03. The molecular weight excluding hydrogens is 429 g/mol. The second-order valence-electron chi connectivity index (χ2n) is 7.16. The van der Waals surface area contributed by atoms with Crippen molar-refractivity contribution in [2.75, 3.05) is 12.5 Å². The first-order valence-electron chi connectivity index (χ1n) is 9.96. The zero-order valence-corrected chi connectivity index (χ0v) is 17.7. The summed E-state index contributed by atoms with van der Waals surface area (Å²) in [6, 6.07) is 21.2. The van der Waals surface area contributed by atoms with Crippen LogP contribution < -0.4 is 9.47 Å². The number of thioether (sulfide) groups is 1. The topological polar surface area (TPSA) is 66.2 Å². The summed E-state index contributed by atoms with van der Waals surface area (Å²) in [5, 5.41) is 9.27. The normalized spacial score (nSPS) is 12.2. The summed E-state index contributed by atoms with van der Waals surface area (Å²) < 4.78 is 26.0. The van der Waals surface area contributed by atoms with Crippen molar-refractivity contribution in [1.29, 1.82) is 0 Å². The highest BCUT2D eigenvalue weighted by molar-refractivity contribution is 7.99. The molecule has 0 saturated carbocycles. The molecule has 0 amide bonds. The van der Waals surface area contributed by atoms with Gasteiger partial charge in [0.05, 0.1) is 12.3 Å². The van der Waals surface area contributed by atoms with Crippen LogP contribution in [0.1, 0.15) is 15.9 Å². The number of ether oxygens (including phenoxy) is 2. The van der Waals surface area contributed by atoms with Gasteiger partial charge in [0.1, 0.15) is 5.82 Å². The van der Waals surface area contributed by atoms with E-state index in [0.29, 0.717) is 34.6 Å². The molecule has 2 heterocycles. The van der Waals surface area contributed by atoms with Gasteiger partial charge in [-0.25, -0.2) is 4.39 Å². The second-order valence-corrected chi connectivity index (χ2v) is 8.11. The lowest BCUT2D eigenvalue weighted by Gasteiger charge is -2.10. The average molecular weight is 447 g/mol. The molecule has 0 aliphatic carbocycles. The Morgan fingerprint density at radius 3 is 2.56 bits per heavy atom. The van der Waals surface area contributed by atoms with E-state index >= 15 is 0 Å². The maximum atomic E-state index is 13.4. The minimum absolute atomic E-state index is 0.0501. The van der Waals surface area contributed by atoms with E-state index in [9.17, 15) is 9.18 Å². The molecule has 0 unspecified atom stereocenters. The summed E-state index contributed by atoms with van der Waals surface area (Å²) in [6.07, 6.45) is 0. The Kier molecular flexibility index (Phi) is 5.60. The molecule has 0 fully saturated rings. The first kappa shape index (κ1) is 20.3. The number of nitrogens with zero attached hydrogens (tertiary/aromatic N) is 3. The molecule has 1 aromatic heterocycles. The standard InChI is InChI=1S/C24H18FN3O3S/c25-19-9-6-17(7-10-19)23-26-27-24(28(23)13-16-4-2-1-3-5-16)32-14-20(29)18-8-11-21-22(12-18)31-15-30-21/h1-12H,13-15H2. The van der Waals surface area contributed by atoms with E-state index in [0.717, 1.165) is 11.1 Å². The minimum Gasteiger partial charge on any atom is -0.454 e. The summed E-state index contributed by atoms with van der Waals surface area (Å²) in [5.74, 6) is 1.66. The predicted molar refractivity (Wildman–Crippen MR) is 119 cm³/mol. The molecule has 3 aromatic carbocycles. The number of carbonyl (C=O) groups excluding carboxylic acids is 1. The van der Waals surface area contributed by atoms with Crippen LogP contribution in [-0.4, -0.2) is 33.1 Å². The number of fused-ring (bicyclic) bond motifs is 1. The molecule has 1 aliphatic heterocycles. The van der Waals surface area contributed by atoms with Gasteiger partial charge >= 0.3 is 0 Å². The summed E-state index contributed by atoms with van der Waals surface area (Å²) in [6.45, 7) is 0.692. The summed E-state index contributed by atoms with van der Waals surface area (Å²) in [7, 11) is 0. The van der Waals surface area contributed by atoms with Gasteiger partial charge in [-0.15, -0.1) is 10.2 Å². The molecule has 4 aromatic rings. The fourth-order valence-electron chi connectivity index (χ4n) is 3.40. The Bertz CT molecular complexity index is 1260. The van der Waals surface area contributed by atoms with Gasteiger partial charge in [-0.3, -0.25) is 9.36 Å². The Morgan fingerprint density at radius 2 is 1.75 bits per heavy atom. The van der Waals surface area contributed by atoms with Crippen LogP contribution in [0.3, 0.4) is 0 Å². The van der Waals surface area contributed by atoms with E-state index in [1.807, 2.05) is 34.9 Å². The fourth-order valence-corrected chi connectivity index (χ4v) is 4.23. The van der Waals surface area contributed by atoms with Crippen LogP contribution in [0.4, 0.5) is 4.39 Å². The number of hydrogen-bond donors (Lipinski definition) is 0. The van der Waals surface area contributed by atoms with Gasteiger partial charge in [0, 0.05) is 11.1 Å². The number of rotatable bonds is 7. The molecule has 0 radical (unpaired) electrons. The first-order valence-corrected chi connectivity index (χ1v) is 10.9. The quantitative estimate of drug-likeness (QED) is 0.298. The Hall–Kier alpha value is -3.65. The molecule has 1 aliphatic rings. The van der Waals surface area contributed by atoms with Crippen LogP contribution in [0.2, 0.25) is 0 Å². The van der Waals surface area contributed by atoms with E-state index in [1.165, 1.54) is 23.9 Å². The highest BCUT2D eigenvalue weighted by atomic mass is 32.2. The molecule has 0 spiro atoms. The highest BCUT2D eigenvalue weighted by Gasteiger charge is 2.19. The number of ketones is 1. The molecule has 8 heteroatoms. The molecule has 0 N–H and O–H groups in total. The van der Waals surface area contributed by atoms with E-state index < -0.39 is 0 Å². The second kappa shape index (κ2) is 8.84. The number of benzene rings is 3. The fraction of sp³-hybridized carbons (Fsp3) is 0.125. The van der Waals surface area contributed by atoms with Crippen molar-refractivity contribution in [3.63, 3.8) is 0 Å². The predicted octanol–water partition coefficient (Wildman–Crippen LogP) is 4.84. The lowest BCUT2D eigenvalue weighted by molar-refractivity contribution is 0.102. The molecule has 160 valence electrons. The first-order chi connectivity index (χ1) is 15.7. The van der Waals surface area contributed by atoms with Crippen molar-refractivity contribution < 1.29 is 18.7 Å². The third-order valence-corrected chi connectivity index (χ3v) is 6.00. The van der Waals surface area contributed by atoms with Crippen LogP contribution in [-0.2, 0) is 6.54 Å². The maximum Gasteiger partial charge on any atom is 0.231 e. The van der Waals surface area contributed by atoms with Crippen LogP contribution in [0.5, 0.6) is 11.5 Å². The van der Waals surface area contributed by atoms with Gasteiger partial charge in [-0.2, -0.15) is 0 Å². The lowest BCUT2D eigenvalue weighted by atomic mass is 10.1. The molecule has 0 saturated heterocycles. The summed E-state index contributed by atoms with van der Waals surface area (Å²) in [4.78, 5) is 12.8. The Balaban J connectivity index is 1.40. The molecule has 6 nitrogen and oxygen atoms in total. The minimum atomic E-state index is -0.313. The lowest BCUT2D eigenvalue weighted by Crippen LogP contribution is -2.07. The molecule has 0 bridgehead atoms. The van der Waals surface area contributed by atoms with Crippen LogP contribution in [0.15, 0.2) is 78.0 Å². The SMILES string of the molecule is O=C(CSc1nnc(-c2ccc(F)cc2)n1Cc1ccccc1)c1ccc2c(c1)OCO2. The smallest absolute Gasteiger partial charge is 0.231 e. The van der Waals surface area contributed by atoms with Crippen molar-refractivity contribution in [2.45, 2.75) is 11.7 Å². The van der Waals surface area contributed by atoms with Gasteiger partial charge < -0.3 is 9.47 Å². The number of carbonyl (C=O) groups is 1. The molecule has 32 heavy (non-hydrogen) atoms. The van der Waals surface area contributed by atoms with Crippen LogP contribution in [0, 0.1) is 5.82 Å². The maximum absolute atomic E-state index is 13.4. The van der Waals surface area contributed by atoms with Crippen LogP contribution in [0.25, 0.3) is 11.4 Å². The van der Waals surface area contributed by atoms with Crippen molar-refractivity contribution in [2.24, 2.45) is 0 Å². The van der Waals surface area contributed by atoms with Crippen LogP contribution >= 0.6 is 11.8 Å². The number of halogens is 1. The van der Waals surface area contributed by atoms with E-state index in [4.69, 9.17) is 9.47 Å². The van der Waals surface area contributed by atoms with E-state index in [1.54, 1.807) is 30.3 Å². The number of hydrogen-bond acceptors (Lipinski definition) is 6. The van der Waals surface area contributed by atoms with Crippen molar-refractivity contribution in [3.05, 3.63) is 89.7 Å². The zero-order chi connectivity index (χ0) is 21.9. The number of Topliss-reactive ketones (excluding diaryl/α,β-unsaturated/α-hetero) is 1. The molecule has 0 atom stereocenters. The Morgan fingerprint density at radius 1 is 0.969 bits per heavy atom. The van der Waals surface area contributed by atoms with Gasteiger partial charge in [-0.05, 0) is 48.0 Å². The number of aromatic nitrogens is 3. The molecule has 5 rings (SSSR count). The van der Waals surface area contributed by atoms with Gasteiger partial charge in [0.2, 0.25) is 6.79 Å². The van der Waals surface area contributed by atoms with Gasteiger partial charge in [0.15, 0.2) is 28.3 Å². The van der Waals surface area contributed by atoms with Gasteiger partial charge in [0.25, 0.3) is 0 Å². The summed E-state index contributed by atoms with van der Waals surface area (Å²) in [5.41, 5.74) is 2.37. The highest BCUT2D eigenvalue weighted by Crippen LogP contribution is 2.33. The Labute approximate surface area is 188 Å². The van der Waals surface area contributed by atoms with E-state index in [2.05, 4.69) is 10.2 Å². The monoisotopic (exact) mass is 447 g/mol.